The Balaban J connectivity index is 1.94. The van der Waals surface area contributed by atoms with Crippen LogP contribution in [0, 0.1) is 0 Å². The fourth-order valence-electron chi connectivity index (χ4n) is 2.39. The Hall–Kier alpha value is -2.37. The average molecular weight is 361 g/mol. The first kappa shape index (κ1) is 19.0. The lowest BCUT2D eigenvalue weighted by molar-refractivity contribution is -0.117. The second kappa shape index (κ2) is 8.65. The van der Waals surface area contributed by atoms with Crippen molar-refractivity contribution in [3.63, 3.8) is 0 Å². The lowest BCUT2D eigenvalue weighted by Crippen LogP contribution is -2.32. The maximum Gasteiger partial charge on any atom is 0.337 e. The number of nitrogens with zero attached hydrogens (tertiary/aromatic N) is 1. The Kier molecular flexibility index (Phi) is 6.56. The molecule has 2 aromatic carbocycles. The van der Waals surface area contributed by atoms with Crippen molar-refractivity contribution in [2.24, 2.45) is 0 Å². The molecule has 1 amide bonds. The number of anilines is 1. The number of carbonyl (C=O) groups excluding carboxylic acids is 2. The number of likely N-dealkylation sites (N-methyl/N-ethyl adjacent to an activating group) is 1. The van der Waals surface area contributed by atoms with Crippen LogP contribution in [0.4, 0.5) is 5.69 Å². The molecule has 25 heavy (non-hydrogen) atoms. The lowest BCUT2D eigenvalue weighted by Gasteiger charge is -2.24. The van der Waals surface area contributed by atoms with E-state index in [1.807, 2.05) is 43.1 Å². The highest BCUT2D eigenvalue weighted by atomic mass is 35.5. The Bertz CT molecular complexity index is 747. The summed E-state index contributed by atoms with van der Waals surface area (Å²) in [6.45, 7) is 2.25. The number of rotatable bonds is 6. The largest absolute Gasteiger partial charge is 0.465 e. The van der Waals surface area contributed by atoms with E-state index in [1.54, 1.807) is 24.3 Å². The van der Waals surface area contributed by atoms with Gasteiger partial charge < -0.3 is 10.1 Å². The van der Waals surface area contributed by atoms with Gasteiger partial charge in [-0.05, 0) is 55.9 Å². The van der Waals surface area contributed by atoms with E-state index in [0.717, 1.165) is 5.56 Å². The SMILES string of the molecule is COC(=O)c1ccc(NC(=O)CN(C)C(C)c2cccc(Cl)c2)cc1. The summed E-state index contributed by atoms with van der Waals surface area (Å²) in [6, 6.07) is 14.2. The van der Waals surface area contributed by atoms with Gasteiger partial charge in [0.25, 0.3) is 0 Å². The molecule has 0 aliphatic rings. The van der Waals surface area contributed by atoms with E-state index in [4.69, 9.17) is 11.6 Å². The van der Waals surface area contributed by atoms with Gasteiger partial charge in [-0.1, -0.05) is 23.7 Å². The van der Waals surface area contributed by atoms with E-state index in [-0.39, 0.29) is 18.5 Å². The number of methoxy groups -OCH3 is 1. The molecule has 0 saturated heterocycles. The summed E-state index contributed by atoms with van der Waals surface area (Å²) < 4.78 is 4.64. The number of nitrogens with one attached hydrogen (secondary N) is 1. The first-order valence-corrected chi connectivity index (χ1v) is 8.22. The molecule has 0 radical (unpaired) electrons. The number of amides is 1. The number of carbonyl (C=O) groups is 2. The molecule has 0 spiro atoms. The van der Waals surface area contributed by atoms with Crippen LogP contribution in [0.2, 0.25) is 5.02 Å². The highest BCUT2D eigenvalue weighted by Gasteiger charge is 2.15. The van der Waals surface area contributed by atoms with E-state index in [9.17, 15) is 9.59 Å². The maximum absolute atomic E-state index is 12.2. The van der Waals surface area contributed by atoms with E-state index in [2.05, 4.69) is 10.1 Å². The second-order valence-electron chi connectivity index (χ2n) is 5.76. The second-order valence-corrected chi connectivity index (χ2v) is 6.20. The smallest absolute Gasteiger partial charge is 0.337 e. The zero-order chi connectivity index (χ0) is 18.4. The fourth-order valence-corrected chi connectivity index (χ4v) is 2.59. The highest BCUT2D eigenvalue weighted by Crippen LogP contribution is 2.21. The Morgan fingerprint density at radius 1 is 1.20 bits per heavy atom. The minimum atomic E-state index is -0.409. The van der Waals surface area contributed by atoms with Crippen molar-refractivity contribution < 1.29 is 14.3 Å². The standard InChI is InChI=1S/C19H21ClN2O3/c1-13(15-5-4-6-16(20)11-15)22(2)12-18(23)21-17-9-7-14(8-10-17)19(24)25-3/h4-11,13H,12H2,1-3H3,(H,21,23). The molecule has 6 heteroatoms. The summed E-state index contributed by atoms with van der Waals surface area (Å²) in [5.41, 5.74) is 2.11. The van der Waals surface area contributed by atoms with E-state index in [0.29, 0.717) is 16.3 Å². The van der Waals surface area contributed by atoms with Crippen LogP contribution in [0.5, 0.6) is 0 Å². The van der Waals surface area contributed by atoms with E-state index in [1.165, 1.54) is 7.11 Å². The van der Waals surface area contributed by atoms with Gasteiger partial charge in [0, 0.05) is 16.8 Å². The summed E-state index contributed by atoms with van der Waals surface area (Å²) in [5, 5.41) is 3.49. The highest BCUT2D eigenvalue weighted by molar-refractivity contribution is 6.30. The number of hydrogen-bond acceptors (Lipinski definition) is 4. The molecule has 0 heterocycles. The van der Waals surface area contributed by atoms with Crippen molar-refractivity contribution >= 4 is 29.2 Å². The Labute approximate surface area is 152 Å². The third-order valence-corrected chi connectivity index (χ3v) is 4.21. The predicted octanol–water partition coefficient (Wildman–Crippen LogP) is 3.76. The maximum atomic E-state index is 12.2. The molecule has 132 valence electrons. The molecule has 1 unspecified atom stereocenters. The third-order valence-electron chi connectivity index (χ3n) is 3.98. The summed E-state index contributed by atoms with van der Waals surface area (Å²) in [7, 11) is 3.21. The van der Waals surface area contributed by atoms with Crippen LogP contribution in [0.3, 0.4) is 0 Å². The van der Waals surface area contributed by atoms with Gasteiger partial charge in [-0.3, -0.25) is 9.69 Å². The number of ether oxygens (including phenoxy) is 1. The third kappa shape index (κ3) is 5.31. The summed E-state index contributed by atoms with van der Waals surface area (Å²) >= 11 is 6.02. The van der Waals surface area contributed by atoms with Gasteiger partial charge >= 0.3 is 5.97 Å². The van der Waals surface area contributed by atoms with Crippen LogP contribution in [0.25, 0.3) is 0 Å². The van der Waals surface area contributed by atoms with Gasteiger partial charge in [-0.2, -0.15) is 0 Å². The first-order valence-electron chi connectivity index (χ1n) is 7.84. The normalized spacial score (nSPS) is 11.9. The molecule has 2 aromatic rings. The zero-order valence-corrected chi connectivity index (χ0v) is 15.2. The fraction of sp³-hybridized carbons (Fsp3) is 0.263. The van der Waals surface area contributed by atoms with Gasteiger partial charge in [-0.15, -0.1) is 0 Å². The number of esters is 1. The van der Waals surface area contributed by atoms with Gasteiger partial charge in [0.1, 0.15) is 0 Å². The van der Waals surface area contributed by atoms with Gasteiger partial charge in [0.2, 0.25) is 5.91 Å². The molecular formula is C19H21ClN2O3. The molecule has 2 rings (SSSR count). The van der Waals surface area contributed by atoms with E-state index < -0.39 is 5.97 Å². The summed E-state index contributed by atoms with van der Waals surface area (Å²) in [6.07, 6.45) is 0. The number of benzene rings is 2. The Morgan fingerprint density at radius 3 is 2.48 bits per heavy atom. The number of halogens is 1. The topological polar surface area (TPSA) is 58.6 Å². The molecule has 0 fully saturated rings. The molecule has 1 N–H and O–H groups in total. The monoisotopic (exact) mass is 360 g/mol. The van der Waals surface area contributed by atoms with Gasteiger partial charge in [-0.25, -0.2) is 4.79 Å². The van der Waals surface area contributed by atoms with Crippen LogP contribution in [0.1, 0.15) is 28.9 Å². The molecule has 1 atom stereocenters. The first-order chi connectivity index (χ1) is 11.9. The van der Waals surface area contributed by atoms with Crippen LogP contribution in [-0.4, -0.2) is 37.5 Å². The molecule has 0 aliphatic carbocycles. The Morgan fingerprint density at radius 2 is 1.88 bits per heavy atom. The van der Waals surface area contributed by atoms with Crippen LogP contribution < -0.4 is 5.32 Å². The lowest BCUT2D eigenvalue weighted by atomic mass is 10.1. The van der Waals surface area contributed by atoms with Crippen LogP contribution in [-0.2, 0) is 9.53 Å². The molecule has 0 saturated carbocycles. The number of hydrogen-bond donors (Lipinski definition) is 1. The molecule has 0 aromatic heterocycles. The van der Waals surface area contributed by atoms with Crippen molar-refractivity contribution in [3.8, 4) is 0 Å². The average Bonchev–Trinajstić information content (AvgIpc) is 2.60. The van der Waals surface area contributed by atoms with Crippen molar-refractivity contribution in [1.29, 1.82) is 0 Å². The minimum absolute atomic E-state index is 0.0474. The summed E-state index contributed by atoms with van der Waals surface area (Å²) in [5.74, 6) is -0.546. The summed E-state index contributed by atoms with van der Waals surface area (Å²) in [4.78, 5) is 25.6. The molecule has 0 aliphatic heterocycles. The zero-order valence-electron chi connectivity index (χ0n) is 14.5. The van der Waals surface area contributed by atoms with Crippen molar-refractivity contribution in [2.45, 2.75) is 13.0 Å². The van der Waals surface area contributed by atoms with Crippen molar-refractivity contribution in [3.05, 3.63) is 64.7 Å². The predicted molar refractivity (Wildman–Crippen MR) is 98.9 cm³/mol. The quantitative estimate of drug-likeness (QED) is 0.797. The molecule has 5 nitrogen and oxygen atoms in total. The molecule has 0 bridgehead atoms. The van der Waals surface area contributed by atoms with Gasteiger partial charge in [0.15, 0.2) is 0 Å². The van der Waals surface area contributed by atoms with Crippen LogP contribution >= 0.6 is 11.6 Å². The van der Waals surface area contributed by atoms with Crippen molar-refractivity contribution in [1.82, 2.24) is 4.90 Å². The minimum Gasteiger partial charge on any atom is -0.465 e. The molecular weight excluding hydrogens is 340 g/mol. The van der Waals surface area contributed by atoms with Gasteiger partial charge in [0.05, 0.1) is 19.2 Å². The van der Waals surface area contributed by atoms with Crippen LogP contribution in [0.15, 0.2) is 48.5 Å². The van der Waals surface area contributed by atoms with E-state index >= 15 is 0 Å². The van der Waals surface area contributed by atoms with Crippen molar-refractivity contribution in [2.75, 3.05) is 26.0 Å².